The molecular weight excluding hydrogens is 472 g/mol. The lowest BCUT2D eigenvalue weighted by molar-refractivity contribution is -0.132. The van der Waals surface area contributed by atoms with Crippen LogP contribution < -0.4 is 24.0 Å². The summed E-state index contributed by atoms with van der Waals surface area (Å²) in [6, 6.07) is 17.2. The zero-order chi connectivity index (χ0) is 25.8. The fourth-order valence-corrected chi connectivity index (χ4v) is 5.13. The van der Waals surface area contributed by atoms with Crippen LogP contribution in [0.25, 0.3) is 5.76 Å². The first-order chi connectivity index (χ1) is 17.8. The number of ketones is 1. The van der Waals surface area contributed by atoms with Gasteiger partial charge in [-0.25, -0.2) is 0 Å². The molecule has 1 N–H and O–H groups in total. The van der Waals surface area contributed by atoms with Crippen molar-refractivity contribution in [1.82, 2.24) is 0 Å². The van der Waals surface area contributed by atoms with Gasteiger partial charge < -0.3 is 24.2 Å². The van der Waals surface area contributed by atoms with Crippen molar-refractivity contribution in [3.8, 4) is 17.2 Å². The van der Waals surface area contributed by atoms with Crippen LogP contribution in [0.3, 0.4) is 0 Å². The third-order valence-electron chi connectivity index (χ3n) is 6.97. The molecule has 0 radical (unpaired) electrons. The van der Waals surface area contributed by atoms with Gasteiger partial charge in [0.15, 0.2) is 11.5 Å². The highest BCUT2D eigenvalue weighted by Crippen LogP contribution is 2.45. The molecular formula is C29H26N2O6. The van der Waals surface area contributed by atoms with E-state index >= 15 is 0 Å². The predicted molar refractivity (Wildman–Crippen MR) is 138 cm³/mol. The zero-order valence-electron chi connectivity index (χ0n) is 20.7. The SMILES string of the molecule is CC1Cc2cc(/C(O)=C3\C(=O)C(=O)N(c4ccc5c(c4)OCO5)C3c3ccc(N(C)C)cc3)ccc2O1. The van der Waals surface area contributed by atoms with E-state index in [0.717, 1.165) is 17.0 Å². The Morgan fingerprint density at radius 1 is 0.946 bits per heavy atom. The fourth-order valence-electron chi connectivity index (χ4n) is 5.13. The van der Waals surface area contributed by atoms with Crippen molar-refractivity contribution in [2.75, 3.05) is 30.7 Å². The Labute approximate surface area is 214 Å². The zero-order valence-corrected chi connectivity index (χ0v) is 20.7. The van der Waals surface area contributed by atoms with Crippen LogP contribution in [-0.4, -0.2) is 43.8 Å². The smallest absolute Gasteiger partial charge is 0.300 e. The van der Waals surface area contributed by atoms with E-state index in [4.69, 9.17) is 14.2 Å². The Morgan fingerprint density at radius 2 is 1.68 bits per heavy atom. The van der Waals surface area contributed by atoms with Gasteiger partial charge in [0.25, 0.3) is 11.7 Å². The number of anilines is 2. The highest BCUT2D eigenvalue weighted by molar-refractivity contribution is 6.51. The summed E-state index contributed by atoms with van der Waals surface area (Å²) in [5, 5.41) is 11.5. The van der Waals surface area contributed by atoms with Crippen molar-refractivity contribution in [3.05, 3.63) is 82.9 Å². The minimum atomic E-state index is -0.833. The molecule has 0 spiro atoms. The van der Waals surface area contributed by atoms with E-state index in [1.807, 2.05) is 56.3 Å². The minimum Gasteiger partial charge on any atom is -0.507 e. The molecule has 0 aliphatic carbocycles. The molecule has 8 heteroatoms. The second-order valence-electron chi connectivity index (χ2n) is 9.65. The van der Waals surface area contributed by atoms with E-state index in [-0.39, 0.29) is 24.2 Å². The van der Waals surface area contributed by atoms with Crippen LogP contribution in [0.4, 0.5) is 11.4 Å². The van der Waals surface area contributed by atoms with Gasteiger partial charge in [-0.15, -0.1) is 0 Å². The molecule has 3 aliphatic heterocycles. The third kappa shape index (κ3) is 3.76. The van der Waals surface area contributed by atoms with E-state index in [1.54, 1.807) is 30.3 Å². The summed E-state index contributed by atoms with van der Waals surface area (Å²) < 4.78 is 16.7. The lowest BCUT2D eigenvalue weighted by Gasteiger charge is -2.26. The number of hydrogen-bond acceptors (Lipinski definition) is 7. The molecule has 3 aromatic carbocycles. The normalized spacial score (nSPS) is 21.2. The molecule has 0 saturated carbocycles. The summed E-state index contributed by atoms with van der Waals surface area (Å²) in [7, 11) is 3.87. The van der Waals surface area contributed by atoms with Crippen molar-refractivity contribution in [2.24, 2.45) is 0 Å². The van der Waals surface area contributed by atoms with E-state index in [2.05, 4.69) is 0 Å². The van der Waals surface area contributed by atoms with Crippen molar-refractivity contribution < 1.29 is 28.9 Å². The predicted octanol–water partition coefficient (Wildman–Crippen LogP) is 4.43. The van der Waals surface area contributed by atoms with Gasteiger partial charge in [-0.2, -0.15) is 0 Å². The number of aliphatic hydroxyl groups is 1. The first-order valence-corrected chi connectivity index (χ1v) is 12.1. The highest BCUT2D eigenvalue weighted by atomic mass is 16.7. The number of amides is 1. The van der Waals surface area contributed by atoms with Gasteiger partial charge in [0.1, 0.15) is 17.6 Å². The molecule has 37 heavy (non-hydrogen) atoms. The molecule has 3 aromatic rings. The maximum Gasteiger partial charge on any atom is 0.300 e. The Kier molecular flexibility index (Phi) is 5.33. The average Bonchev–Trinajstić information content (AvgIpc) is 3.58. The second-order valence-corrected chi connectivity index (χ2v) is 9.65. The van der Waals surface area contributed by atoms with Crippen molar-refractivity contribution in [1.29, 1.82) is 0 Å². The average molecular weight is 499 g/mol. The van der Waals surface area contributed by atoms with Crippen molar-refractivity contribution in [3.63, 3.8) is 0 Å². The standard InChI is InChI=1S/C29H26N2O6/c1-16-12-19-13-18(6-10-22(19)37-16)27(32)25-26(17-4-7-20(8-5-17)30(2)3)31(29(34)28(25)33)21-9-11-23-24(14-21)36-15-35-23/h4-11,13-14,16,26,32H,12,15H2,1-3H3/b27-25+. The number of hydrogen-bond donors (Lipinski definition) is 1. The molecule has 1 fully saturated rings. The van der Waals surface area contributed by atoms with Gasteiger partial charge in [-0.1, -0.05) is 12.1 Å². The number of rotatable bonds is 4. The Morgan fingerprint density at radius 3 is 2.43 bits per heavy atom. The Bertz CT molecular complexity index is 1460. The highest BCUT2D eigenvalue weighted by Gasteiger charge is 2.47. The second kappa shape index (κ2) is 8.58. The summed E-state index contributed by atoms with van der Waals surface area (Å²) in [5.74, 6) is 0.143. The van der Waals surface area contributed by atoms with E-state index in [9.17, 15) is 14.7 Å². The molecule has 188 valence electrons. The Balaban J connectivity index is 1.51. The third-order valence-corrected chi connectivity index (χ3v) is 6.97. The van der Waals surface area contributed by atoms with Crippen LogP contribution in [0.15, 0.2) is 66.2 Å². The van der Waals surface area contributed by atoms with Gasteiger partial charge in [0, 0.05) is 43.5 Å². The van der Waals surface area contributed by atoms with E-state index in [0.29, 0.717) is 34.7 Å². The molecule has 1 amide bonds. The van der Waals surface area contributed by atoms with Gasteiger partial charge in [0.05, 0.1) is 11.6 Å². The number of carbonyl (C=O) groups is 2. The lowest BCUT2D eigenvalue weighted by atomic mass is 9.94. The van der Waals surface area contributed by atoms with Crippen LogP contribution in [-0.2, 0) is 16.0 Å². The summed E-state index contributed by atoms with van der Waals surface area (Å²) >= 11 is 0. The number of fused-ring (bicyclic) bond motifs is 2. The molecule has 0 bridgehead atoms. The van der Waals surface area contributed by atoms with E-state index in [1.165, 1.54) is 4.90 Å². The quantitative estimate of drug-likeness (QED) is 0.323. The van der Waals surface area contributed by atoms with Gasteiger partial charge in [-0.3, -0.25) is 14.5 Å². The number of carbonyl (C=O) groups excluding carboxylic acids is 2. The number of aliphatic hydroxyl groups excluding tert-OH is 1. The topological polar surface area (TPSA) is 88.5 Å². The molecule has 1 saturated heterocycles. The fraction of sp³-hybridized carbons (Fsp3) is 0.241. The number of benzene rings is 3. The lowest BCUT2D eigenvalue weighted by Crippen LogP contribution is -2.29. The maximum atomic E-state index is 13.5. The number of nitrogens with zero attached hydrogens (tertiary/aromatic N) is 2. The van der Waals surface area contributed by atoms with Gasteiger partial charge in [-0.05, 0) is 60.5 Å². The van der Waals surface area contributed by atoms with Crippen LogP contribution in [0.5, 0.6) is 17.2 Å². The van der Waals surface area contributed by atoms with Crippen LogP contribution in [0.2, 0.25) is 0 Å². The number of Topliss-reactive ketones (excluding diaryl/α,β-unsaturated/α-hetero) is 1. The van der Waals surface area contributed by atoms with Crippen LogP contribution in [0.1, 0.15) is 29.7 Å². The minimum absolute atomic E-state index is 0.0344. The van der Waals surface area contributed by atoms with Crippen LogP contribution in [0, 0.1) is 0 Å². The summed E-state index contributed by atoms with van der Waals surface area (Å²) in [5.41, 5.74) is 3.59. The molecule has 8 nitrogen and oxygen atoms in total. The van der Waals surface area contributed by atoms with Gasteiger partial charge >= 0.3 is 0 Å². The van der Waals surface area contributed by atoms with Crippen molar-refractivity contribution in [2.45, 2.75) is 25.5 Å². The first-order valence-electron chi connectivity index (χ1n) is 12.1. The molecule has 3 heterocycles. The summed E-state index contributed by atoms with van der Waals surface area (Å²) in [6.07, 6.45) is 0.747. The van der Waals surface area contributed by atoms with Crippen LogP contribution >= 0.6 is 0 Å². The molecule has 2 atom stereocenters. The first kappa shape index (κ1) is 23.0. The largest absolute Gasteiger partial charge is 0.507 e. The monoisotopic (exact) mass is 498 g/mol. The number of ether oxygens (including phenoxy) is 3. The van der Waals surface area contributed by atoms with Gasteiger partial charge in [0.2, 0.25) is 6.79 Å². The molecule has 3 aliphatic rings. The maximum absolute atomic E-state index is 13.5. The molecule has 6 rings (SSSR count). The Hall–Kier alpha value is -4.46. The summed E-state index contributed by atoms with van der Waals surface area (Å²) in [4.78, 5) is 30.3. The van der Waals surface area contributed by atoms with E-state index < -0.39 is 17.7 Å². The van der Waals surface area contributed by atoms with Crippen molar-refractivity contribution >= 4 is 28.8 Å². The summed E-state index contributed by atoms with van der Waals surface area (Å²) in [6.45, 7) is 2.07. The molecule has 0 aromatic heterocycles. The molecule has 2 unspecified atom stereocenters.